The minimum absolute atomic E-state index is 0.0328. The van der Waals surface area contributed by atoms with Crippen molar-refractivity contribution < 1.29 is 9.13 Å². The summed E-state index contributed by atoms with van der Waals surface area (Å²) in [5.41, 5.74) is 0.706. The van der Waals surface area contributed by atoms with Gasteiger partial charge < -0.3 is 10.1 Å². The van der Waals surface area contributed by atoms with Crippen molar-refractivity contribution >= 4 is 0 Å². The number of hydrogen-bond donors (Lipinski definition) is 1. The molecule has 3 heteroatoms. The van der Waals surface area contributed by atoms with Crippen LogP contribution < -0.4 is 5.32 Å². The molecule has 2 nitrogen and oxygen atoms in total. The first-order valence-electron chi connectivity index (χ1n) is 7.18. The maximum Gasteiger partial charge on any atom is 0.127 e. The van der Waals surface area contributed by atoms with E-state index in [1.807, 2.05) is 19.1 Å². The Balaban J connectivity index is 1.99. The van der Waals surface area contributed by atoms with E-state index in [-0.39, 0.29) is 17.5 Å². The Morgan fingerprint density at radius 3 is 2.89 bits per heavy atom. The van der Waals surface area contributed by atoms with Crippen LogP contribution in [-0.4, -0.2) is 18.2 Å². The molecule has 0 aromatic heterocycles. The van der Waals surface area contributed by atoms with Crippen LogP contribution in [0.5, 0.6) is 0 Å². The second kappa shape index (κ2) is 6.02. The molecule has 106 valence electrons. The van der Waals surface area contributed by atoms with Gasteiger partial charge in [-0.2, -0.15) is 0 Å². The molecule has 1 fully saturated rings. The Bertz CT molecular complexity index is 423. The fourth-order valence-corrected chi connectivity index (χ4v) is 2.79. The molecule has 1 heterocycles. The molecule has 0 bridgehead atoms. The summed E-state index contributed by atoms with van der Waals surface area (Å²) in [6, 6.07) is 7.42. The first-order valence-corrected chi connectivity index (χ1v) is 7.18. The normalized spacial score (nSPS) is 29.2. The van der Waals surface area contributed by atoms with Crippen LogP contribution in [0.4, 0.5) is 4.39 Å². The molecule has 1 N–H and O–H groups in total. The van der Waals surface area contributed by atoms with E-state index in [4.69, 9.17) is 4.74 Å². The van der Waals surface area contributed by atoms with Crippen LogP contribution >= 0.6 is 0 Å². The number of halogens is 1. The number of ether oxygens (including phenoxy) is 1. The van der Waals surface area contributed by atoms with E-state index in [2.05, 4.69) is 19.2 Å². The highest BCUT2D eigenvalue weighted by Crippen LogP contribution is 2.29. The van der Waals surface area contributed by atoms with Gasteiger partial charge in [-0.1, -0.05) is 25.1 Å². The molecular weight excluding hydrogens is 241 g/mol. The molecule has 0 radical (unpaired) electrons. The third-order valence-corrected chi connectivity index (χ3v) is 4.20. The molecule has 0 saturated carbocycles. The molecule has 3 atom stereocenters. The standard InChI is InChI=1S/C16H24FNO/c1-4-16(3)11-13(9-10-19-16)18-12(2)14-7-5-6-8-15(14)17/h5-8,12-13,18H,4,9-11H2,1-3H3. The molecule has 1 aliphatic heterocycles. The summed E-state index contributed by atoms with van der Waals surface area (Å²) in [6.07, 6.45) is 3.00. The highest BCUT2D eigenvalue weighted by Gasteiger charge is 2.32. The van der Waals surface area contributed by atoms with Gasteiger partial charge in [0.25, 0.3) is 0 Å². The summed E-state index contributed by atoms with van der Waals surface area (Å²) in [6.45, 7) is 7.13. The monoisotopic (exact) mass is 265 g/mol. The highest BCUT2D eigenvalue weighted by molar-refractivity contribution is 5.20. The molecule has 1 aromatic rings. The fourth-order valence-electron chi connectivity index (χ4n) is 2.79. The van der Waals surface area contributed by atoms with E-state index < -0.39 is 0 Å². The quantitative estimate of drug-likeness (QED) is 0.893. The first-order chi connectivity index (χ1) is 9.04. The molecule has 0 amide bonds. The lowest BCUT2D eigenvalue weighted by atomic mass is 9.89. The Hall–Kier alpha value is -0.930. The van der Waals surface area contributed by atoms with Crippen molar-refractivity contribution in [3.63, 3.8) is 0 Å². The summed E-state index contributed by atoms with van der Waals surface area (Å²) in [5, 5.41) is 3.55. The lowest BCUT2D eigenvalue weighted by Crippen LogP contribution is -2.45. The summed E-state index contributed by atoms with van der Waals surface area (Å²) >= 11 is 0. The molecule has 0 spiro atoms. The van der Waals surface area contributed by atoms with Gasteiger partial charge in [-0.15, -0.1) is 0 Å². The molecular formula is C16H24FNO. The SMILES string of the molecule is CCC1(C)CC(NC(C)c2ccccc2F)CCO1. The van der Waals surface area contributed by atoms with Crippen molar-refractivity contribution in [1.29, 1.82) is 0 Å². The smallest absolute Gasteiger partial charge is 0.127 e. The van der Waals surface area contributed by atoms with Crippen molar-refractivity contribution in [3.8, 4) is 0 Å². The van der Waals surface area contributed by atoms with Gasteiger partial charge in [0.15, 0.2) is 0 Å². The van der Waals surface area contributed by atoms with E-state index in [0.29, 0.717) is 6.04 Å². The third kappa shape index (κ3) is 3.54. The Kier molecular flexibility index (Phi) is 4.58. The zero-order chi connectivity index (χ0) is 13.9. The van der Waals surface area contributed by atoms with E-state index in [9.17, 15) is 4.39 Å². The largest absolute Gasteiger partial charge is 0.375 e. The zero-order valence-corrected chi connectivity index (χ0v) is 12.1. The van der Waals surface area contributed by atoms with Crippen LogP contribution in [0.15, 0.2) is 24.3 Å². The van der Waals surface area contributed by atoms with Gasteiger partial charge in [0.1, 0.15) is 5.82 Å². The summed E-state index contributed by atoms with van der Waals surface area (Å²) < 4.78 is 19.6. The molecule has 3 unspecified atom stereocenters. The van der Waals surface area contributed by atoms with Gasteiger partial charge in [0.05, 0.1) is 5.60 Å². The number of rotatable bonds is 4. The summed E-state index contributed by atoms with van der Waals surface area (Å²) in [5.74, 6) is -0.132. The minimum atomic E-state index is -0.132. The highest BCUT2D eigenvalue weighted by atomic mass is 19.1. The maximum absolute atomic E-state index is 13.7. The first kappa shape index (κ1) is 14.5. The predicted octanol–water partition coefficient (Wildman–Crippen LogP) is 3.82. The zero-order valence-electron chi connectivity index (χ0n) is 12.1. The Morgan fingerprint density at radius 1 is 1.47 bits per heavy atom. The maximum atomic E-state index is 13.7. The second-order valence-corrected chi connectivity index (χ2v) is 5.75. The average molecular weight is 265 g/mol. The number of benzene rings is 1. The van der Waals surface area contributed by atoms with Gasteiger partial charge in [-0.25, -0.2) is 4.39 Å². The second-order valence-electron chi connectivity index (χ2n) is 5.75. The van der Waals surface area contributed by atoms with Crippen molar-refractivity contribution in [2.24, 2.45) is 0 Å². The minimum Gasteiger partial charge on any atom is -0.375 e. The van der Waals surface area contributed by atoms with Gasteiger partial charge in [-0.3, -0.25) is 0 Å². The van der Waals surface area contributed by atoms with Gasteiger partial charge in [-0.05, 0) is 39.2 Å². The summed E-state index contributed by atoms with van der Waals surface area (Å²) in [4.78, 5) is 0. The Labute approximate surface area is 115 Å². The number of nitrogens with one attached hydrogen (secondary N) is 1. The third-order valence-electron chi connectivity index (χ3n) is 4.20. The van der Waals surface area contributed by atoms with E-state index >= 15 is 0 Å². The molecule has 1 saturated heterocycles. The summed E-state index contributed by atoms with van der Waals surface area (Å²) in [7, 11) is 0. The van der Waals surface area contributed by atoms with Gasteiger partial charge in [0.2, 0.25) is 0 Å². The topological polar surface area (TPSA) is 21.3 Å². The van der Waals surface area contributed by atoms with Crippen molar-refractivity contribution in [1.82, 2.24) is 5.32 Å². The van der Waals surface area contributed by atoms with Crippen molar-refractivity contribution in [3.05, 3.63) is 35.6 Å². The lowest BCUT2D eigenvalue weighted by Gasteiger charge is -2.39. The molecule has 0 aliphatic carbocycles. The number of hydrogen-bond acceptors (Lipinski definition) is 2. The van der Waals surface area contributed by atoms with Crippen LogP contribution in [0, 0.1) is 5.82 Å². The van der Waals surface area contributed by atoms with Crippen molar-refractivity contribution in [2.45, 2.75) is 57.7 Å². The van der Waals surface area contributed by atoms with E-state index in [0.717, 1.165) is 31.4 Å². The van der Waals surface area contributed by atoms with Crippen LogP contribution in [0.1, 0.15) is 51.6 Å². The molecule has 1 aromatic carbocycles. The lowest BCUT2D eigenvalue weighted by molar-refractivity contribution is -0.0789. The van der Waals surface area contributed by atoms with E-state index in [1.165, 1.54) is 6.07 Å². The van der Waals surface area contributed by atoms with Gasteiger partial charge in [0, 0.05) is 24.3 Å². The average Bonchev–Trinajstić information content (AvgIpc) is 2.39. The van der Waals surface area contributed by atoms with Crippen LogP contribution in [-0.2, 0) is 4.74 Å². The van der Waals surface area contributed by atoms with E-state index in [1.54, 1.807) is 6.07 Å². The molecule has 2 rings (SSSR count). The molecule has 1 aliphatic rings. The van der Waals surface area contributed by atoms with Gasteiger partial charge >= 0.3 is 0 Å². The fraction of sp³-hybridized carbons (Fsp3) is 0.625. The van der Waals surface area contributed by atoms with Crippen LogP contribution in [0.3, 0.4) is 0 Å². The van der Waals surface area contributed by atoms with Crippen LogP contribution in [0.25, 0.3) is 0 Å². The Morgan fingerprint density at radius 2 is 2.21 bits per heavy atom. The van der Waals surface area contributed by atoms with Crippen molar-refractivity contribution in [2.75, 3.05) is 6.61 Å². The van der Waals surface area contributed by atoms with Crippen LogP contribution in [0.2, 0.25) is 0 Å². The predicted molar refractivity (Wildman–Crippen MR) is 75.6 cm³/mol. The molecule has 19 heavy (non-hydrogen) atoms.